The summed E-state index contributed by atoms with van der Waals surface area (Å²) in [6.45, 7) is 2.20. The van der Waals surface area contributed by atoms with Crippen LogP contribution in [0.1, 0.15) is 23.0 Å². The lowest BCUT2D eigenvalue weighted by Gasteiger charge is -2.09. The molecule has 150 valence electrons. The van der Waals surface area contributed by atoms with Gasteiger partial charge >= 0.3 is 0 Å². The highest BCUT2D eigenvalue weighted by Crippen LogP contribution is 2.24. The van der Waals surface area contributed by atoms with Crippen molar-refractivity contribution in [3.8, 4) is 16.9 Å². The molecule has 0 amide bonds. The van der Waals surface area contributed by atoms with Crippen molar-refractivity contribution in [2.45, 2.75) is 13.5 Å². The number of benzene rings is 3. The number of ketones is 1. The Morgan fingerprint density at radius 2 is 1.48 bits per heavy atom. The summed E-state index contributed by atoms with van der Waals surface area (Å²) in [5, 5.41) is 0. The molecule has 2 aromatic heterocycles. The van der Waals surface area contributed by atoms with Gasteiger partial charge in [0.2, 0.25) is 17.0 Å². The molecular formula is C27H22N3O+. The zero-order chi connectivity index (χ0) is 21.2. The lowest BCUT2D eigenvalue weighted by atomic mass is 10.1. The number of hydrogen-bond donors (Lipinski definition) is 0. The third-order valence-electron chi connectivity index (χ3n) is 5.47. The van der Waals surface area contributed by atoms with E-state index in [1.807, 2.05) is 71.4 Å². The fraction of sp³-hybridized carbons (Fsp3) is 0.0741. The average molecular weight is 404 g/mol. The van der Waals surface area contributed by atoms with E-state index in [2.05, 4.69) is 41.0 Å². The number of fused-ring (bicyclic) bond motifs is 1. The van der Waals surface area contributed by atoms with Crippen molar-refractivity contribution in [1.29, 1.82) is 0 Å². The van der Waals surface area contributed by atoms with E-state index in [0.29, 0.717) is 12.2 Å². The van der Waals surface area contributed by atoms with Gasteiger partial charge in [-0.05, 0) is 17.7 Å². The molecule has 0 saturated heterocycles. The second-order valence-electron chi connectivity index (χ2n) is 7.55. The Balaban J connectivity index is 1.81. The highest BCUT2D eigenvalue weighted by atomic mass is 16.1. The maximum atomic E-state index is 12.6. The van der Waals surface area contributed by atoms with Gasteiger partial charge in [0, 0.05) is 37.2 Å². The SMILES string of the molecule is CC(=O)c1cc2c(ncc(-c3ccccc3)[n+]2-c2ccccc2)n1Cc1ccccc1. The zero-order valence-electron chi connectivity index (χ0n) is 17.3. The molecule has 0 radical (unpaired) electrons. The quantitative estimate of drug-likeness (QED) is 0.297. The molecule has 0 aliphatic heterocycles. The molecule has 4 heteroatoms. The van der Waals surface area contributed by atoms with Crippen molar-refractivity contribution in [3.05, 3.63) is 115 Å². The minimum Gasteiger partial charge on any atom is -0.313 e. The normalized spacial score (nSPS) is 11.0. The van der Waals surface area contributed by atoms with Crippen molar-refractivity contribution in [1.82, 2.24) is 9.55 Å². The standard InChI is InChI=1S/C27H22N3O/c1-20(31)24-17-25-27(29(24)19-21-11-5-2-6-12-21)28-18-26(22-13-7-3-8-14-22)30(25)23-15-9-4-10-16-23/h2-18H,19H2,1H3/q+1. The van der Waals surface area contributed by atoms with Crippen molar-refractivity contribution >= 4 is 16.9 Å². The van der Waals surface area contributed by atoms with Gasteiger partial charge < -0.3 is 4.57 Å². The molecule has 31 heavy (non-hydrogen) atoms. The molecule has 0 fully saturated rings. The molecule has 2 heterocycles. The maximum Gasteiger partial charge on any atom is 0.257 e. The number of carbonyl (C=O) groups excluding carboxylic acids is 1. The Morgan fingerprint density at radius 1 is 0.871 bits per heavy atom. The third kappa shape index (κ3) is 3.53. The van der Waals surface area contributed by atoms with E-state index in [4.69, 9.17) is 4.98 Å². The van der Waals surface area contributed by atoms with Gasteiger partial charge in [0.25, 0.3) is 5.52 Å². The fourth-order valence-corrected chi connectivity index (χ4v) is 4.02. The highest BCUT2D eigenvalue weighted by Gasteiger charge is 2.26. The molecule has 5 rings (SSSR count). The lowest BCUT2D eigenvalue weighted by molar-refractivity contribution is -0.555. The molecule has 5 aromatic rings. The molecule has 0 bridgehead atoms. The summed E-state index contributed by atoms with van der Waals surface area (Å²) < 4.78 is 4.20. The Morgan fingerprint density at radius 3 is 2.13 bits per heavy atom. The van der Waals surface area contributed by atoms with E-state index in [9.17, 15) is 4.79 Å². The Kier molecular flexibility index (Phi) is 4.89. The van der Waals surface area contributed by atoms with Gasteiger partial charge in [0.05, 0.1) is 5.69 Å². The fourth-order valence-electron chi connectivity index (χ4n) is 4.02. The summed E-state index contributed by atoms with van der Waals surface area (Å²) in [7, 11) is 0. The Hall–Kier alpha value is -4.05. The van der Waals surface area contributed by atoms with Crippen molar-refractivity contribution < 1.29 is 9.36 Å². The molecule has 0 saturated carbocycles. The van der Waals surface area contributed by atoms with Gasteiger partial charge in [-0.3, -0.25) is 4.79 Å². The van der Waals surface area contributed by atoms with E-state index < -0.39 is 0 Å². The van der Waals surface area contributed by atoms with Crippen LogP contribution in [-0.4, -0.2) is 15.3 Å². The van der Waals surface area contributed by atoms with Gasteiger partial charge in [0.15, 0.2) is 5.78 Å². The molecule has 0 atom stereocenters. The maximum absolute atomic E-state index is 12.6. The Bertz CT molecular complexity index is 1360. The number of Topliss-reactive ketones (excluding diaryl/α,β-unsaturated/α-hetero) is 1. The predicted molar refractivity (Wildman–Crippen MR) is 122 cm³/mol. The van der Waals surface area contributed by atoms with E-state index in [1.54, 1.807) is 6.92 Å². The van der Waals surface area contributed by atoms with Crippen LogP contribution < -0.4 is 4.57 Å². The van der Waals surface area contributed by atoms with Crippen LogP contribution in [0.5, 0.6) is 0 Å². The molecule has 0 unspecified atom stereocenters. The first-order valence-electron chi connectivity index (χ1n) is 10.3. The van der Waals surface area contributed by atoms with Gasteiger partial charge in [0.1, 0.15) is 6.20 Å². The van der Waals surface area contributed by atoms with Crippen molar-refractivity contribution in [2.24, 2.45) is 0 Å². The highest BCUT2D eigenvalue weighted by molar-refractivity contribution is 5.96. The molecule has 0 aliphatic carbocycles. The number of para-hydroxylation sites is 1. The summed E-state index contributed by atoms with van der Waals surface area (Å²) in [6.07, 6.45) is 1.90. The molecule has 3 aromatic carbocycles. The number of hydrogen-bond acceptors (Lipinski definition) is 2. The van der Waals surface area contributed by atoms with Crippen LogP contribution in [-0.2, 0) is 6.54 Å². The molecule has 4 nitrogen and oxygen atoms in total. The van der Waals surface area contributed by atoms with Crippen molar-refractivity contribution in [2.75, 3.05) is 0 Å². The Labute approximate surface area is 181 Å². The van der Waals surface area contributed by atoms with Gasteiger partial charge in [-0.15, -0.1) is 4.57 Å². The topological polar surface area (TPSA) is 38.8 Å². The zero-order valence-corrected chi connectivity index (χ0v) is 17.3. The third-order valence-corrected chi connectivity index (χ3v) is 5.47. The van der Waals surface area contributed by atoms with Crippen LogP contribution in [0.3, 0.4) is 0 Å². The second kappa shape index (κ2) is 8.00. The van der Waals surface area contributed by atoms with Gasteiger partial charge in [-0.25, -0.2) is 4.98 Å². The second-order valence-corrected chi connectivity index (χ2v) is 7.55. The molecule has 0 spiro atoms. The molecule has 0 aliphatic rings. The van der Waals surface area contributed by atoms with Gasteiger partial charge in [-0.1, -0.05) is 66.7 Å². The van der Waals surface area contributed by atoms with Gasteiger partial charge in [-0.2, -0.15) is 0 Å². The first kappa shape index (κ1) is 18.9. The molecule has 0 N–H and O–H groups in total. The largest absolute Gasteiger partial charge is 0.313 e. The minimum absolute atomic E-state index is 0.0230. The number of carbonyl (C=O) groups is 1. The first-order chi connectivity index (χ1) is 15.2. The number of rotatable bonds is 5. The van der Waals surface area contributed by atoms with Crippen LogP contribution in [0.4, 0.5) is 0 Å². The van der Waals surface area contributed by atoms with E-state index >= 15 is 0 Å². The number of nitrogens with zero attached hydrogens (tertiary/aromatic N) is 3. The van der Waals surface area contributed by atoms with Crippen LogP contribution in [0.2, 0.25) is 0 Å². The van der Waals surface area contributed by atoms with Crippen LogP contribution in [0.15, 0.2) is 103 Å². The molecular weight excluding hydrogens is 382 g/mol. The summed E-state index contributed by atoms with van der Waals surface area (Å²) in [4.78, 5) is 17.4. The summed E-state index contributed by atoms with van der Waals surface area (Å²) in [5.41, 5.74) is 6.56. The van der Waals surface area contributed by atoms with E-state index in [0.717, 1.165) is 33.7 Å². The monoisotopic (exact) mass is 404 g/mol. The van der Waals surface area contributed by atoms with Crippen molar-refractivity contribution in [3.63, 3.8) is 0 Å². The van der Waals surface area contributed by atoms with Crippen LogP contribution in [0, 0.1) is 0 Å². The van der Waals surface area contributed by atoms with Crippen LogP contribution in [0.25, 0.3) is 28.1 Å². The summed E-state index contributed by atoms with van der Waals surface area (Å²) in [6, 6.07) is 32.5. The van der Waals surface area contributed by atoms with Crippen LogP contribution >= 0.6 is 0 Å². The average Bonchev–Trinajstić information content (AvgIpc) is 3.19. The predicted octanol–water partition coefficient (Wildman–Crippen LogP) is 5.23. The van der Waals surface area contributed by atoms with E-state index in [1.165, 1.54) is 0 Å². The number of aromatic nitrogens is 3. The lowest BCUT2D eigenvalue weighted by Crippen LogP contribution is -2.34. The summed E-state index contributed by atoms with van der Waals surface area (Å²) in [5.74, 6) is 0.0230. The minimum atomic E-state index is 0.0230. The summed E-state index contributed by atoms with van der Waals surface area (Å²) >= 11 is 0. The smallest absolute Gasteiger partial charge is 0.257 e. The first-order valence-corrected chi connectivity index (χ1v) is 10.3. The van der Waals surface area contributed by atoms with E-state index in [-0.39, 0.29) is 5.78 Å².